The first-order valence-corrected chi connectivity index (χ1v) is 9.02. The molecule has 0 aromatic rings. The van der Waals surface area contributed by atoms with Crippen LogP contribution in [0.4, 0.5) is 0 Å². The van der Waals surface area contributed by atoms with E-state index in [4.69, 9.17) is 21.7 Å². The number of carboxylic acids is 2. The second kappa shape index (κ2) is 12.6. The van der Waals surface area contributed by atoms with Gasteiger partial charge < -0.3 is 37.6 Å². The Kier molecular flexibility index (Phi) is 11.3. The van der Waals surface area contributed by atoms with Crippen LogP contribution in [-0.2, 0) is 28.8 Å². The maximum atomic E-state index is 12.2. The largest absolute Gasteiger partial charge is 0.481 e. The molecule has 0 saturated heterocycles. The summed E-state index contributed by atoms with van der Waals surface area (Å²) >= 11 is 3.94. The number of aliphatic carboxylic acids is 2. The highest BCUT2D eigenvalue weighted by atomic mass is 32.1. The smallest absolute Gasteiger partial charge is 0.326 e. The monoisotopic (exact) mass is 435 g/mol. The van der Waals surface area contributed by atoms with Crippen LogP contribution in [0.25, 0.3) is 0 Å². The topological polar surface area (TPSA) is 231 Å². The summed E-state index contributed by atoms with van der Waals surface area (Å²) in [7, 11) is 0. The predicted octanol–water partition coefficient (Wildman–Crippen LogP) is -3.46. The minimum absolute atomic E-state index is 0.0267. The summed E-state index contributed by atoms with van der Waals surface area (Å²) in [4.78, 5) is 68.6. The number of hydrogen-bond acceptors (Lipinski definition) is 8. The van der Waals surface area contributed by atoms with Crippen molar-refractivity contribution in [1.29, 1.82) is 0 Å². The van der Waals surface area contributed by atoms with E-state index in [1.54, 1.807) is 0 Å². The van der Waals surface area contributed by atoms with E-state index >= 15 is 0 Å². The predicted molar refractivity (Wildman–Crippen MR) is 102 cm³/mol. The Labute approximate surface area is 171 Å². The van der Waals surface area contributed by atoms with Gasteiger partial charge in [0.15, 0.2) is 0 Å². The van der Waals surface area contributed by atoms with Gasteiger partial charge in [-0.05, 0) is 13.3 Å². The van der Waals surface area contributed by atoms with E-state index in [2.05, 4.69) is 23.3 Å². The van der Waals surface area contributed by atoms with Gasteiger partial charge in [-0.2, -0.15) is 12.6 Å². The van der Waals surface area contributed by atoms with E-state index in [1.165, 1.54) is 6.92 Å². The van der Waals surface area contributed by atoms with Crippen LogP contribution in [0.2, 0.25) is 0 Å². The van der Waals surface area contributed by atoms with Crippen LogP contribution in [0, 0.1) is 0 Å². The first kappa shape index (κ1) is 26.1. The van der Waals surface area contributed by atoms with Crippen molar-refractivity contribution in [3.8, 4) is 0 Å². The molecule has 0 aliphatic heterocycles. The van der Waals surface area contributed by atoms with Crippen LogP contribution in [0.15, 0.2) is 0 Å². The lowest BCUT2D eigenvalue weighted by Gasteiger charge is -2.22. The Morgan fingerprint density at radius 3 is 1.93 bits per heavy atom. The van der Waals surface area contributed by atoms with Crippen molar-refractivity contribution in [3.05, 3.63) is 0 Å². The number of thiol groups is 1. The number of carbonyl (C=O) groups is 6. The lowest BCUT2D eigenvalue weighted by Crippen LogP contribution is -2.57. The standard InChI is InChI=1S/C15H25N5O8S/c1-6(12(24)19-8(15(27)28)4-11(22)23)18-14(26)9(5-29)20-13(25)7(16)2-3-10(17)21/h6-9,29H,2-5,16H2,1H3,(H2,17,21)(H,18,26)(H,19,24)(H,20,25)(H,22,23)(H,27,28). The highest BCUT2D eigenvalue weighted by Gasteiger charge is 2.28. The summed E-state index contributed by atoms with van der Waals surface area (Å²) in [6.07, 6.45) is -0.994. The Balaban J connectivity index is 4.80. The van der Waals surface area contributed by atoms with Crippen molar-refractivity contribution >= 4 is 48.2 Å². The molecule has 0 saturated carbocycles. The molecule has 0 aromatic carbocycles. The van der Waals surface area contributed by atoms with Crippen LogP contribution < -0.4 is 27.4 Å². The fourth-order valence-electron chi connectivity index (χ4n) is 1.95. The van der Waals surface area contributed by atoms with E-state index in [0.29, 0.717) is 0 Å². The SMILES string of the molecule is CC(NC(=O)C(CS)NC(=O)C(N)CCC(N)=O)C(=O)NC(CC(=O)O)C(=O)O. The molecule has 0 radical (unpaired) electrons. The Morgan fingerprint density at radius 1 is 0.931 bits per heavy atom. The Morgan fingerprint density at radius 2 is 1.48 bits per heavy atom. The number of primary amides is 1. The summed E-state index contributed by atoms with van der Waals surface area (Å²) in [5, 5.41) is 24.1. The fraction of sp³-hybridized carbons (Fsp3) is 0.600. The van der Waals surface area contributed by atoms with Gasteiger partial charge in [0.1, 0.15) is 18.1 Å². The van der Waals surface area contributed by atoms with Crippen LogP contribution in [0.3, 0.4) is 0 Å². The third kappa shape index (κ3) is 10.3. The van der Waals surface area contributed by atoms with Crippen LogP contribution >= 0.6 is 12.6 Å². The van der Waals surface area contributed by atoms with Gasteiger partial charge in [-0.25, -0.2) is 4.79 Å². The zero-order valence-corrected chi connectivity index (χ0v) is 16.5. The lowest BCUT2D eigenvalue weighted by atomic mass is 10.1. The number of amides is 4. The first-order chi connectivity index (χ1) is 13.4. The van der Waals surface area contributed by atoms with E-state index in [1.807, 2.05) is 5.32 Å². The molecule has 13 nitrogen and oxygen atoms in total. The Bertz CT molecular complexity index is 659. The first-order valence-electron chi connectivity index (χ1n) is 8.39. The molecule has 14 heteroatoms. The van der Waals surface area contributed by atoms with E-state index < -0.39 is 66.2 Å². The number of nitrogens with two attached hydrogens (primary N) is 2. The average molecular weight is 435 g/mol. The molecule has 0 bridgehead atoms. The van der Waals surface area contributed by atoms with Crippen molar-refractivity contribution in [2.24, 2.45) is 11.5 Å². The molecule has 0 fully saturated rings. The summed E-state index contributed by atoms with van der Waals surface area (Å²) in [5.41, 5.74) is 10.6. The molecule has 164 valence electrons. The number of hydrogen-bond donors (Lipinski definition) is 8. The van der Waals surface area contributed by atoms with Crippen LogP contribution in [0.5, 0.6) is 0 Å². The van der Waals surface area contributed by atoms with E-state index in [0.717, 1.165) is 0 Å². The summed E-state index contributed by atoms with van der Waals surface area (Å²) in [6, 6.07) is -5.18. The second-order valence-electron chi connectivity index (χ2n) is 6.08. The molecule has 0 aliphatic rings. The molecule has 29 heavy (non-hydrogen) atoms. The van der Waals surface area contributed by atoms with Crippen molar-refractivity contribution in [2.45, 2.75) is 50.4 Å². The van der Waals surface area contributed by atoms with E-state index in [-0.39, 0.29) is 18.6 Å². The van der Waals surface area contributed by atoms with Gasteiger partial charge in [-0.1, -0.05) is 0 Å². The zero-order chi connectivity index (χ0) is 22.7. The van der Waals surface area contributed by atoms with Gasteiger partial charge in [0.25, 0.3) is 0 Å². The maximum absolute atomic E-state index is 12.2. The normalized spacial score (nSPS) is 14.6. The molecular weight excluding hydrogens is 410 g/mol. The minimum atomic E-state index is -1.68. The third-order valence-electron chi connectivity index (χ3n) is 3.60. The van der Waals surface area contributed by atoms with Crippen molar-refractivity contribution in [1.82, 2.24) is 16.0 Å². The summed E-state index contributed by atoms with van der Waals surface area (Å²) in [5.74, 6) is -6.24. The Hall–Kier alpha value is -2.87. The molecular formula is C15H25N5O8S. The number of nitrogens with one attached hydrogen (secondary N) is 3. The molecule has 4 atom stereocenters. The quantitative estimate of drug-likeness (QED) is 0.134. The molecule has 0 heterocycles. The van der Waals surface area contributed by atoms with Crippen molar-refractivity contribution in [3.63, 3.8) is 0 Å². The van der Waals surface area contributed by atoms with Crippen molar-refractivity contribution in [2.75, 3.05) is 5.75 Å². The molecule has 0 aliphatic carbocycles. The molecule has 9 N–H and O–H groups in total. The van der Waals surface area contributed by atoms with Gasteiger partial charge in [0.05, 0.1) is 12.5 Å². The third-order valence-corrected chi connectivity index (χ3v) is 3.96. The summed E-state index contributed by atoms with van der Waals surface area (Å²) in [6.45, 7) is 1.24. The number of rotatable bonds is 13. The molecule has 4 unspecified atom stereocenters. The van der Waals surface area contributed by atoms with Gasteiger partial charge in [0.2, 0.25) is 23.6 Å². The fourth-order valence-corrected chi connectivity index (χ4v) is 2.21. The minimum Gasteiger partial charge on any atom is -0.481 e. The maximum Gasteiger partial charge on any atom is 0.326 e. The van der Waals surface area contributed by atoms with Crippen molar-refractivity contribution < 1.29 is 39.0 Å². The van der Waals surface area contributed by atoms with E-state index in [9.17, 15) is 28.8 Å². The van der Waals surface area contributed by atoms with Gasteiger partial charge in [-0.15, -0.1) is 0 Å². The molecule has 0 aromatic heterocycles. The highest BCUT2D eigenvalue weighted by molar-refractivity contribution is 7.80. The molecule has 0 spiro atoms. The molecule has 0 rings (SSSR count). The van der Waals surface area contributed by atoms with Gasteiger partial charge >= 0.3 is 11.9 Å². The second-order valence-corrected chi connectivity index (χ2v) is 6.45. The van der Waals surface area contributed by atoms with Gasteiger partial charge in [0, 0.05) is 12.2 Å². The van der Waals surface area contributed by atoms with Crippen LogP contribution in [0.1, 0.15) is 26.2 Å². The lowest BCUT2D eigenvalue weighted by molar-refractivity contribution is -0.147. The zero-order valence-electron chi connectivity index (χ0n) is 15.6. The molecule has 4 amide bonds. The highest BCUT2D eigenvalue weighted by Crippen LogP contribution is 1.99. The average Bonchev–Trinajstić information content (AvgIpc) is 2.62. The summed E-state index contributed by atoms with van der Waals surface area (Å²) < 4.78 is 0. The van der Waals surface area contributed by atoms with Gasteiger partial charge in [-0.3, -0.25) is 24.0 Å². The number of carbonyl (C=O) groups excluding carboxylic acids is 4. The van der Waals surface area contributed by atoms with Crippen LogP contribution in [-0.4, -0.2) is 75.7 Å². The number of carboxylic acid groups (broad SMARTS) is 2.